The van der Waals surface area contributed by atoms with E-state index in [-0.39, 0.29) is 0 Å². The van der Waals surface area contributed by atoms with E-state index in [1.54, 1.807) is 0 Å². The number of Topliss-reactive ketones (excluding diaryl/α,β-unsaturated/α-hetero) is 1. The van der Waals surface area contributed by atoms with E-state index in [0.29, 0.717) is 23.7 Å². The Morgan fingerprint density at radius 1 is 1.18 bits per heavy atom. The van der Waals surface area contributed by atoms with Gasteiger partial charge in [-0.1, -0.05) is 13.3 Å². The van der Waals surface area contributed by atoms with Gasteiger partial charge in [-0.25, -0.2) is 0 Å². The lowest BCUT2D eigenvalue weighted by Crippen LogP contribution is -2.51. The molecule has 0 amide bonds. The van der Waals surface area contributed by atoms with Crippen LogP contribution in [0.3, 0.4) is 0 Å². The number of fused-ring (bicyclic) bond motifs is 2. The lowest BCUT2D eigenvalue weighted by molar-refractivity contribution is -0.137. The zero-order chi connectivity index (χ0) is 11.8. The van der Waals surface area contributed by atoms with Crippen LogP contribution in [0.15, 0.2) is 0 Å². The van der Waals surface area contributed by atoms with Crippen molar-refractivity contribution in [1.82, 2.24) is 4.90 Å². The van der Waals surface area contributed by atoms with Gasteiger partial charge >= 0.3 is 0 Å². The molecule has 1 heterocycles. The van der Waals surface area contributed by atoms with Gasteiger partial charge in [0.25, 0.3) is 0 Å². The van der Waals surface area contributed by atoms with Crippen molar-refractivity contribution in [3.05, 3.63) is 0 Å². The quantitative estimate of drug-likeness (QED) is 0.733. The van der Waals surface area contributed by atoms with Crippen molar-refractivity contribution in [2.24, 2.45) is 17.8 Å². The normalized spacial score (nSPS) is 43.0. The number of likely N-dealkylation sites (tertiary alicyclic amines) is 1. The van der Waals surface area contributed by atoms with Gasteiger partial charge < -0.3 is 0 Å². The van der Waals surface area contributed by atoms with E-state index in [2.05, 4.69) is 11.8 Å². The van der Waals surface area contributed by atoms with Gasteiger partial charge in [0.05, 0.1) is 0 Å². The van der Waals surface area contributed by atoms with Gasteiger partial charge in [0.2, 0.25) is 0 Å². The van der Waals surface area contributed by atoms with E-state index in [1.165, 1.54) is 58.0 Å². The summed E-state index contributed by atoms with van der Waals surface area (Å²) in [5.41, 5.74) is 0. The fraction of sp³-hybridized carbons (Fsp3) is 0.933. The smallest absolute Gasteiger partial charge is 0.140 e. The molecule has 1 aliphatic heterocycles. The van der Waals surface area contributed by atoms with Crippen molar-refractivity contribution in [3.8, 4) is 0 Å². The van der Waals surface area contributed by atoms with E-state index in [0.717, 1.165) is 5.92 Å². The van der Waals surface area contributed by atoms with Crippen molar-refractivity contribution in [2.45, 2.75) is 57.9 Å². The summed E-state index contributed by atoms with van der Waals surface area (Å²) in [5.74, 6) is 2.27. The number of rotatable bonds is 2. The second kappa shape index (κ2) is 4.72. The van der Waals surface area contributed by atoms with Crippen LogP contribution >= 0.6 is 0 Å². The van der Waals surface area contributed by atoms with Gasteiger partial charge in [-0.2, -0.15) is 0 Å². The summed E-state index contributed by atoms with van der Waals surface area (Å²) in [7, 11) is 0. The third-order valence-electron chi connectivity index (χ3n) is 5.44. The van der Waals surface area contributed by atoms with Crippen LogP contribution in [0.2, 0.25) is 0 Å². The third-order valence-corrected chi connectivity index (χ3v) is 5.44. The van der Waals surface area contributed by atoms with Crippen LogP contribution in [-0.2, 0) is 4.79 Å². The van der Waals surface area contributed by atoms with Crippen LogP contribution < -0.4 is 0 Å². The number of ketones is 1. The topological polar surface area (TPSA) is 20.3 Å². The Balaban J connectivity index is 1.75. The molecule has 0 aromatic carbocycles. The van der Waals surface area contributed by atoms with Gasteiger partial charge in [0, 0.05) is 17.9 Å². The number of hydrogen-bond acceptors (Lipinski definition) is 2. The van der Waals surface area contributed by atoms with E-state index in [9.17, 15) is 4.79 Å². The lowest BCUT2D eigenvalue weighted by atomic mass is 9.64. The molecule has 17 heavy (non-hydrogen) atoms. The fourth-order valence-corrected chi connectivity index (χ4v) is 4.42. The highest BCUT2D eigenvalue weighted by molar-refractivity contribution is 5.85. The number of carbonyl (C=O) groups is 1. The molecule has 2 aliphatic carbocycles. The first-order valence-electron chi connectivity index (χ1n) is 7.57. The molecule has 3 rings (SSSR count). The molecule has 96 valence electrons. The molecule has 2 bridgehead atoms. The molecular weight excluding hydrogens is 210 g/mol. The zero-order valence-electron chi connectivity index (χ0n) is 11.0. The van der Waals surface area contributed by atoms with Gasteiger partial charge in [-0.05, 0) is 57.5 Å². The van der Waals surface area contributed by atoms with Crippen molar-refractivity contribution in [1.29, 1.82) is 0 Å². The monoisotopic (exact) mass is 235 g/mol. The Morgan fingerprint density at radius 2 is 1.94 bits per heavy atom. The van der Waals surface area contributed by atoms with Crippen LogP contribution in [0.4, 0.5) is 0 Å². The van der Waals surface area contributed by atoms with Crippen molar-refractivity contribution < 1.29 is 4.79 Å². The summed E-state index contributed by atoms with van der Waals surface area (Å²) in [6.45, 7) is 4.78. The molecule has 0 spiro atoms. The third kappa shape index (κ3) is 2.05. The highest BCUT2D eigenvalue weighted by Crippen LogP contribution is 2.43. The molecule has 1 saturated heterocycles. The molecule has 2 saturated carbocycles. The Morgan fingerprint density at radius 3 is 2.65 bits per heavy atom. The predicted octanol–water partition coefficient (Wildman–Crippen LogP) is 2.87. The van der Waals surface area contributed by atoms with E-state index < -0.39 is 0 Å². The SMILES string of the molecule is CCC1CC2CCC(N3CCCC3)C(C1)C2=O. The zero-order valence-corrected chi connectivity index (χ0v) is 11.0. The van der Waals surface area contributed by atoms with Crippen LogP contribution in [0.5, 0.6) is 0 Å². The summed E-state index contributed by atoms with van der Waals surface area (Å²) in [6, 6.07) is 0.607. The highest BCUT2D eigenvalue weighted by atomic mass is 16.1. The largest absolute Gasteiger partial charge is 0.300 e. The van der Waals surface area contributed by atoms with Crippen molar-refractivity contribution >= 4 is 5.78 Å². The first-order valence-corrected chi connectivity index (χ1v) is 7.57. The summed E-state index contributed by atoms with van der Waals surface area (Å²) in [5, 5.41) is 0. The second-order valence-electron chi connectivity index (χ2n) is 6.34. The van der Waals surface area contributed by atoms with Crippen molar-refractivity contribution in [2.75, 3.05) is 13.1 Å². The molecular formula is C15H25NO. The van der Waals surface area contributed by atoms with Crippen LogP contribution in [0, 0.1) is 17.8 Å². The molecule has 3 aliphatic rings. The molecule has 4 unspecified atom stereocenters. The van der Waals surface area contributed by atoms with E-state index >= 15 is 0 Å². The second-order valence-corrected chi connectivity index (χ2v) is 6.34. The maximum Gasteiger partial charge on any atom is 0.140 e. The predicted molar refractivity (Wildman–Crippen MR) is 68.8 cm³/mol. The van der Waals surface area contributed by atoms with Gasteiger partial charge in [0.1, 0.15) is 5.78 Å². The van der Waals surface area contributed by atoms with Crippen LogP contribution in [0.1, 0.15) is 51.9 Å². The average molecular weight is 235 g/mol. The molecule has 3 fully saturated rings. The summed E-state index contributed by atoms with van der Waals surface area (Å²) in [6.07, 6.45) is 8.80. The van der Waals surface area contributed by atoms with Crippen LogP contribution in [-0.4, -0.2) is 29.8 Å². The molecule has 4 atom stereocenters. The van der Waals surface area contributed by atoms with Crippen molar-refractivity contribution in [3.63, 3.8) is 0 Å². The molecule has 0 aromatic heterocycles. The number of carbonyl (C=O) groups excluding carboxylic acids is 1. The highest BCUT2D eigenvalue weighted by Gasteiger charge is 2.45. The minimum absolute atomic E-state index is 0.394. The molecule has 2 heteroatoms. The van der Waals surface area contributed by atoms with E-state index in [1.807, 2.05) is 0 Å². The Labute approximate surface area is 105 Å². The number of nitrogens with zero attached hydrogens (tertiary/aromatic N) is 1. The summed E-state index contributed by atoms with van der Waals surface area (Å²) < 4.78 is 0. The maximum atomic E-state index is 12.4. The van der Waals surface area contributed by atoms with Gasteiger partial charge in [0.15, 0.2) is 0 Å². The minimum Gasteiger partial charge on any atom is -0.300 e. The molecule has 0 aromatic rings. The minimum atomic E-state index is 0.394. The number of hydrogen-bond donors (Lipinski definition) is 0. The Kier molecular flexibility index (Phi) is 3.25. The lowest BCUT2D eigenvalue weighted by Gasteiger charge is -2.45. The van der Waals surface area contributed by atoms with Crippen LogP contribution in [0.25, 0.3) is 0 Å². The standard InChI is InChI=1S/C15H25NO/c1-2-11-9-12-5-6-14(13(10-11)15(12)17)16-7-3-4-8-16/h11-14H,2-10H2,1H3. The van der Waals surface area contributed by atoms with Gasteiger partial charge in [-0.15, -0.1) is 0 Å². The molecule has 0 N–H and O–H groups in total. The molecule has 0 radical (unpaired) electrons. The fourth-order valence-electron chi connectivity index (χ4n) is 4.42. The summed E-state index contributed by atoms with van der Waals surface area (Å²) >= 11 is 0. The first-order chi connectivity index (χ1) is 8.29. The first kappa shape index (κ1) is 11.7. The Bertz CT molecular complexity index is 295. The van der Waals surface area contributed by atoms with Gasteiger partial charge in [-0.3, -0.25) is 9.69 Å². The average Bonchev–Trinajstić information content (AvgIpc) is 2.82. The van der Waals surface area contributed by atoms with E-state index in [4.69, 9.17) is 0 Å². The molecule has 2 nitrogen and oxygen atoms in total. The summed E-state index contributed by atoms with van der Waals surface area (Å²) in [4.78, 5) is 15.0. The Hall–Kier alpha value is -0.370. The maximum absolute atomic E-state index is 12.4.